The maximum atomic E-state index is 9.10. The van der Waals surface area contributed by atoms with Gasteiger partial charge >= 0.3 is 0 Å². The minimum atomic E-state index is -0.285. The molecule has 2 N–H and O–H groups in total. The second-order valence-electron chi connectivity index (χ2n) is 4.50. The molecule has 0 aromatic carbocycles. The average Bonchev–Trinajstić information content (AvgIpc) is 2.03. The van der Waals surface area contributed by atoms with Crippen LogP contribution in [0.5, 0.6) is 0 Å². The van der Waals surface area contributed by atoms with E-state index in [2.05, 4.69) is 0 Å². The van der Waals surface area contributed by atoms with Crippen LogP contribution >= 0.6 is 0 Å². The highest BCUT2D eigenvalue weighted by Crippen LogP contribution is 2.21. The second kappa shape index (κ2) is 3.73. The summed E-state index contributed by atoms with van der Waals surface area (Å²) < 4.78 is 0. The predicted molar refractivity (Wildman–Crippen MR) is 50.1 cm³/mol. The molecule has 12 heavy (non-hydrogen) atoms. The van der Waals surface area contributed by atoms with Gasteiger partial charge in [0.2, 0.25) is 0 Å². The van der Waals surface area contributed by atoms with E-state index in [1.807, 2.05) is 39.6 Å². The van der Waals surface area contributed by atoms with Crippen LogP contribution in [0.3, 0.4) is 0 Å². The molecule has 3 nitrogen and oxygen atoms in total. The number of aliphatic hydroxyl groups is 2. The molecule has 0 saturated heterocycles. The lowest BCUT2D eigenvalue weighted by molar-refractivity contribution is -0.0207. The molecule has 0 spiro atoms. The highest BCUT2D eigenvalue weighted by Gasteiger charge is 2.33. The molecule has 0 aromatic heterocycles. The smallest absolute Gasteiger partial charge is 0.0610 e. The summed E-state index contributed by atoms with van der Waals surface area (Å²) in [5.41, 5.74) is -0.571. The summed E-state index contributed by atoms with van der Waals surface area (Å²) in [6.45, 7) is 7.98. The largest absolute Gasteiger partial charge is 0.394 e. The zero-order chi connectivity index (χ0) is 9.99. The molecule has 74 valence electrons. The number of aliphatic hydroxyl groups excluding tert-OH is 2. The molecule has 0 rings (SSSR count). The number of likely N-dealkylation sites (N-methyl/N-ethyl adjacent to an activating group) is 1. The van der Waals surface area contributed by atoms with Crippen molar-refractivity contribution in [1.29, 1.82) is 0 Å². The fraction of sp³-hybridized carbons (Fsp3) is 1.00. The minimum absolute atomic E-state index is 0.0902. The Hall–Kier alpha value is -0.120. The van der Waals surface area contributed by atoms with E-state index in [1.165, 1.54) is 0 Å². The number of rotatable bonds is 4. The number of hydrogen-bond donors (Lipinski definition) is 2. The van der Waals surface area contributed by atoms with E-state index in [4.69, 9.17) is 10.2 Å². The molecule has 0 aliphatic heterocycles. The van der Waals surface area contributed by atoms with Crippen molar-refractivity contribution in [3.8, 4) is 0 Å². The van der Waals surface area contributed by atoms with Crippen molar-refractivity contribution in [1.82, 2.24) is 4.90 Å². The predicted octanol–water partition coefficient (Wildman–Crippen LogP) is 0.460. The summed E-state index contributed by atoms with van der Waals surface area (Å²) in [6.07, 6.45) is 0. The average molecular weight is 175 g/mol. The van der Waals surface area contributed by atoms with Gasteiger partial charge in [-0.25, -0.2) is 0 Å². The molecular weight excluding hydrogens is 154 g/mol. The molecule has 0 aliphatic carbocycles. The van der Waals surface area contributed by atoms with Crippen molar-refractivity contribution < 1.29 is 10.2 Å². The van der Waals surface area contributed by atoms with Crippen LogP contribution in [0.2, 0.25) is 0 Å². The van der Waals surface area contributed by atoms with Crippen LogP contribution in [-0.4, -0.2) is 46.5 Å². The highest BCUT2D eigenvalue weighted by molar-refractivity contribution is 4.89. The summed E-state index contributed by atoms with van der Waals surface area (Å²) in [7, 11) is 1.91. The fourth-order valence-electron chi connectivity index (χ4n) is 1.03. The molecule has 0 saturated carbocycles. The molecule has 0 bridgehead atoms. The topological polar surface area (TPSA) is 43.7 Å². The Morgan fingerprint density at radius 2 is 1.17 bits per heavy atom. The van der Waals surface area contributed by atoms with Crippen molar-refractivity contribution in [3.05, 3.63) is 0 Å². The lowest BCUT2D eigenvalue weighted by atomic mass is 9.95. The zero-order valence-corrected chi connectivity index (χ0v) is 8.76. The molecule has 0 fully saturated rings. The lowest BCUT2D eigenvalue weighted by Gasteiger charge is -2.44. The van der Waals surface area contributed by atoms with Crippen molar-refractivity contribution in [2.75, 3.05) is 20.3 Å². The SMILES string of the molecule is CN(C(C)(C)CO)C(C)(C)CO. The van der Waals surface area contributed by atoms with Gasteiger partial charge in [0.25, 0.3) is 0 Å². The van der Waals surface area contributed by atoms with E-state index in [1.54, 1.807) is 0 Å². The van der Waals surface area contributed by atoms with Gasteiger partial charge in [-0.1, -0.05) is 0 Å². The van der Waals surface area contributed by atoms with Crippen LogP contribution in [0, 0.1) is 0 Å². The third-order valence-electron chi connectivity index (χ3n) is 2.59. The summed E-state index contributed by atoms with van der Waals surface area (Å²) in [4.78, 5) is 1.99. The first kappa shape index (κ1) is 11.9. The van der Waals surface area contributed by atoms with Crippen LogP contribution in [0.15, 0.2) is 0 Å². The van der Waals surface area contributed by atoms with Crippen LogP contribution in [0.25, 0.3) is 0 Å². The van der Waals surface area contributed by atoms with Crippen LogP contribution in [0.4, 0.5) is 0 Å². The van der Waals surface area contributed by atoms with Gasteiger partial charge < -0.3 is 10.2 Å². The minimum Gasteiger partial charge on any atom is -0.394 e. The Balaban J connectivity index is 4.47. The summed E-state index contributed by atoms with van der Waals surface area (Å²) in [5.74, 6) is 0. The van der Waals surface area contributed by atoms with Gasteiger partial charge in [-0.2, -0.15) is 0 Å². The number of nitrogens with zero attached hydrogens (tertiary/aromatic N) is 1. The third-order valence-corrected chi connectivity index (χ3v) is 2.59. The van der Waals surface area contributed by atoms with Gasteiger partial charge in [-0.05, 0) is 34.7 Å². The standard InChI is InChI=1S/C9H21NO2/c1-8(2,6-11)10(5)9(3,4)7-12/h11-12H,6-7H2,1-5H3. The van der Waals surface area contributed by atoms with Crippen molar-refractivity contribution in [2.24, 2.45) is 0 Å². The van der Waals surface area contributed by atoms with E-state index in [-0.39, 0.29) is 24.3 Å². The maximum Gasteiger partial charge on any atom is 0.0610 e. The second-order valence-corrected chi connectivity index (χ2v) is 4.50. The van der Waals surface area contributed by atoms with Crippen molar-refractivity contribution >= 4 is 0 Å². The zero-order valence-electron chi connectivity index (χ0n) is 8.76. The maximum absolute atomic E-state index is 9.10. The first-order valence-corrected chi connectivity index (χ1v) is 4.23. The molecule has 0 unspecified atom stereocenters. The van der Waals surface area contributed by atoms with Crippen LogP contribution < -0.4 is 0 Å². The molecule has 0 aliphatic rings. The first-order chi connectivity index (χ1) is 5.28. The van der Waals surface area contributed by atoms with Gasteiger partial charge in [0.1, 0.15) is 0 Å². The Bertz CT molecular complexity index is 127. The van der Waals surface area contributed by atoms with Gasteiger partial charge in [0.15, 0.2) is 0 Å². The first-order valence-electron chi connectivity index (χ1n) is 4.23. The molecule has 0 heterocycles. The van der Waals surface area contributed by atoms with E-state index < -0.39 is 0 Å². The number of hydrogen-bond acceptors (Lipinski definition) is 3. The molecule has 0 amide bonds. The summed E-state index contributed by atoms with van der Waals surface area (Å²) in [6, 6.07) is 0. The van der Waals surface area contributed by atoms with E-state index in [9.17, 15) is 0 Å². The molecular formula is C9H21NO2. The monoisotopic (exact) mass is 175 g/mol. The Morgan fingerprint density at radius 3 is 1.33 bits per heavy atom. The van der Waals surface area contributed by atoms with Crippen LogP contribution in [0.1, 0.15) is 27.7 Å². The van der Waals surface area contributed by atoms with Crippen molar-refractivity contribution in [3.63, 3.8) is 0 Å². The Labute approximate surface area is 75.0 Å². The van der Waals surface area contributed by atoms with Crippen molar-refractivity contribution in [2.45, 2.75) is 38.8 Å². The fourth-order valence-corrected chi connectivity index (χ4v) is 1.03. The van der Waals surface area contributed by atoms with Gasteiger partial charge in [-0.3, -0.25) is 4.90 Å². The van der Waals surface area contributed by atoms with Gasteiger partial charge in [-0.15, -0.1) is 0 Å². The van der Waals surface area contributed by atoms with E-state index >= 15 is 0 Å². The van der Waals surface area contributed by atoms with Crippen LogP contribution in [-0.2, 0) is 0 Å². The lowest BCUT2D eigenvalue weighted by Crippen LogP contribution is -2.56. The molecule has 3 heteroatoms. The molecule has 0 aromatic rings. The van der Waals surface area contributed by atoms with E-state index in [0.717, 1.165) is 0 Å². The quantitative estimate of drug-likeness (QED) is 0.652. The Kier molecular flexibility index (Phi) is 3.69. The van der Waals surface area contributed by atoms with Gasteiger partial charge in [0, 0.05) is 11.1 Å². The van der Waals surface area contributed by atoms with Gasteiger partial charge in [0.05, 0.1) is 13.2 Å². The molecule has 0 atom stereocenters. The highest BCUT2D eigenvalue weighted by atomic mass is 16.3. The summed E-state index contributed by atoms with van der Waals surface area (Å²) in [5, 5.41) is 18.2. The normalized spacial score (nSPS) is 14.0. The molecule has 0 radical (unpaired) electrons. The van der Waals surface area contributed by atoms with E-state index in [0.29, 0.717) is 0 Å². The Morgan fingerprint density at radius 1 is 0.917 bits per heavy atom. The third kappa shape index (κ3) is 2.44. The summed E-state index contributed by atoms with van der Waals surface area (Å²) >= 11 is 0.